The quantitative estimate of drug-likeness (QED) is 0.660. The van der Waals surface area contributed by atoms with Gasteiger partial charge in [-0.1, -0.05) is 17.7 Å². The maximum absolute atomic E-state index is 14.1. The highest BCUT2D eigenvalue weighted by molar-refractivity contribution is 6.26. The molecule has 7 rings (SSSR count). The number of carbonyl (C=O) groups is 3. The molecule has 3 saturated heterocycles. The Kier molecular flexibility index (Phi) is 3.89. The van der Waals surface area contributed by atoms with Crippen LogP contribution >= 0.6 is 0 Å². The highest BCUT2D eigenvalue weighted by Crippen LogP contribution is 2.61. The zero-order valence-electron chi connectivity index (χ0n) is 19.1. The Balaban J connectivity index is 1.40. The van der Waals surface area contributed by atoms with Gasteiger partial charge in [0.1, 0.15) is 18.8 Å². The smallest absolute Gasteiger partial charge is 0.250 e. The summed E-state index contributed by atoms with van der Waals surface area (Å²) < 4.78 is 11.3. The van der Waals surface area contributed by atoms with Crippen molar-refractivity contribution in [3.8, 4) is 11.5 Å². The second-order valence-corrected chi connectivity index (χ2v) is 9.97. The molecule has 0 bridgehead atoms. The monoisotopic (exact) mass is 459 g/mol. The van der Waals surface area contributed by atoms with E-state index in [1.165, 1.54) is 4.90 Å². The van der Waals surface area contributed by atoms with Crippen LogP contribution < -0.4 is 19.7 Å². The van der Waals surface area contributed by atoms with Crippen molar-refractivity contribution in [3.63, 3.8) is 0 Å². The number of carbonyl (C=O) groups excluding carboxylic acids is 3. The molecular weight excluding hydrogens is 434 g/mol. The molecule has 0 saturated carbocycles. The van der Waals surface area contributed by atoms with Gasteiger partial charge in [-0.05, 0) is 50.9 Å². The number of ether oxygens (including phenoxy) is 2. The number of rotatable bonds is 1. The molecule has 5 heterocycles. The van der Waals surface area contributed by atoms with E-state index in [9.17, 15) is 14.4 Å². The van der Waals surface area contributed by atoms with Gasteiger partial charge in [0.2, 0.25) is 17.7 Å². The summed E-state index contributed by atoms with van der Waals surface area (Å²) in [6.45, 7) is 5.55. The van der Waals surface area contributed by atoms with Crippen molar-refractivity contribution < 1.29 is 23.9 Å². The normalized spacial score (nSPS) is 31.2. The van der Waals surface area contributed by atoms with Gasteiger partial charge in [0.05, 0.1) is 17.5 Å². The van der Waals surface area contributed by atoms with Crippen molar-refractivity contribution in [1.29, 1.82) is 0 Å². The minimum absolute atomic E-state index is 0.138. The summed E-state index contributed by atoms with van der Waals surface area (Å²) in [5.74, 6) is -0.937. The lowest BCUT2D eigenvalue weighted by molar-refractivity contribution is -0.135. The van der Waals surface area contributed by atoms with Crippen molar-refractivity contribution in [1.82, 2.24) is 4.90 Å². The summed E-state index contributed by atoms with van der Waals surface area (Å²) >= 11 is 0. The summed E-state index contributed by atoms with van der Waals surface area (Å²) in [5.41, 5.74) is 2.92. The van der Waals surface area contributed by atoms with Gasteiger partial charge in [0.25, 0.3) is 0 Å². The predicted molar refractivity (Wildman–Crippen MR) is 123 cm³/mol. The summed E-state index contributed by atoms with van der Waals surface area (Å²) in [5, 5.41) is 3.08. The number of hydrogen-bond acceptors (Lipinski definition) is 6. The van der Waals surface area contributed by atoms with Gasteiger partial charge < -0.3 is 14.8 Å². The molecule has 5 aliphatic heterocycles. The fraction of sp³-hybridized carbons (Fsp3) is 0.423. The van der Waals surface area contributed by atoms with E-state index >= 15 is 0 Å². The molecule has 0 aliphatic carbocycles. The Labute approximate surface area is 196 Å². The fourth-order valence-corrected chi connectivity index (χ4v) is 7.09. The number of hydrogen-bond donors (Lipinski definition) is 1. The summed E-state index contributed by atoms with van der Waals surface area (Å²) in [4.78, 5) is 45.2. The first-order valence-electron chi connectivity index (χ1n) is 11.9. The average molecular weight is 460 g/mol. The lowest BCUT2D eigenvalue weighted by Crippen LogP contribution is -2.54. The predicted octanol–water partition coefficient (Wildman–Crippen LogP) is 2.51. The number of anilines is 2. The van der Waals surface area contributed by atoms with Crippen molar-refractivity contribution in [3.05, 3.63) is 47.0 Å². The Hall–Kier alpha value is -3.39. The minimum atomic E-state index is -1.16. The van der Waals surface area contributed by atoms with Crippen LogP contribution in [0.3, 0.4) is 0 Å². The van der Waals surface area contributed by atoms with Crippen LogP contribution in [0.15, 0.2) is 30.3 Å². The van der Waals surface area contributed by atoms with E-state index < -0.39 is 17.4 Å². The maximum atomic E-state index is 14.1. The number of nitrogens with zero attached hydrogens (tertiary/aromatic N) is 2. The van der Waals surface area contributed by atoms with Crippen molar-refractivity contribution in [2.45, 2.75) is 38.3 Å². The Morgan fingerprint density at radius 2 is 1.79 bits per heavy atom. The third-order valence-electron chi connectivity index (χ3n) is 8.23. The van der Waals surface area contributed by atoms with Gasteiger partial charge in [-0.3, -0.25) is 19.3 Å². The van der Waals surface area contributed by atoms with Gasteiger partial charge in [0, 0.05) is 23.4 Å². The topological polar surface area (TPSA) is 88.2 Å². The Morgan fingerprint density at radius 3 is 2.62 bits per heavy atom. The van der Waals surface area contributed by atoms with Gasteiger partial charge in [0.15, 0.2) is 11.5 Å². The molecular formula is C26H25N3O5. The summed E-state index contributed by atoms with van der Waals surface area (Å²) in [7, 11) is 0. The molecule has 8 heteroatoms. The van der Waals surface area contributed by atoms with Crippen molar-refractivity contribution in [2.75, 3.05) is 30.0 Å². The van der Waals surface area contributed by atoms with Crippen LogP contribution in [0.2, 0.25) is 0 Å². The molecule has 0 aromatic heterocycles. The minimum Gasteiger partial charge on any atom is -0.486 e. The van der Waals surface area contributed by atoms with Crippen LogP contribution in [-0.4, -0.2) is 48.4 Å². The Bertz CT molecular complexity index is 1310. The van der Waals surface area contributed by atoms with Crippen molar-refractivity contribution >= 4 is 29.1 Å². The van der Waals surface area contributed by atoms with Gasteiger partial charge in [-0.25, -0.2) is 4.90 Å². The third kappa shape index (κ3) is 2.24. The molecule has 1 N–H and O–H groups in total. The third-order valence-corrected chi connectivity index (χ3v) is 8.23. The highest BCUT2D eigenvalue weighted by atomic mass is 16.6. The molecule has 2 aromatic carbocycles. The number of fused-ring (bicyclic) bond motifs is 8. The number of nitrogens with one attached hydrogen (secondary N) is 1. The Morgan fingerprint density at radius 1 is 1.00 bits per heavy atom. The van der Waals surface area contributed by atoms with E-state index in [2.05, 4.69) is 10.2 Å². The second-order valence-electron chi connectivity index (χ2n) is 9.97. The van der Waals surface area contributed by atoms with E-state index in [-0.39, 0.29) is 23.8 Å². The molecule has 8 nitrogen and oxygen atoms in total. The van der Waals surface area contributed by atoms with Gasteiger partial charge in [-0.2, -0.15) is 0 Å². The van der Waals surface area contributed by atoms with Crippen LogP contribution in [0.1, 0.15) is 29.5 Å². The number of amides is 3. The molecule has 0 radical (unpaired) electrons. The van der Waals surface area contributed by atoms with Gasteiger partial charge in [-0.15, -0.1) is 0 Å². The molecule has 174 valence electrons. The zero-order valence-corrected chi connectivity index (χ0v) is 19.1. The molecule has 3 amide bonds. The highest BCUT2D eigenvalue weighted by Gasteiger charge is 2.74. The molecule has 5 aliphatic rings. The average Bonchev–Trinajstić information content (AvgIpc) is 3.52. The maximum Gasteiger partial charge on any atom is 0.250 e. The zero-order chi connectivity index (χ0) is 23.4. The molecule has 1 spiro atoms. The SMILES string of the molecule is Cc1cc(C)c2c(c1)[C@]1(C(=O)N2)[C@@H]2C(=O)N(c3ccc4c(c3)OCCO4)C(=O)[C@@H]2[C@@H]2CCCN21. The van der Waals surface area contributed by atoms with Gasteiger partial charge >= 0.3 is 0 Å². The lowest BCUT2D eigenvalue weighted by Gasteiger charge is -2.37. The van der Waals surface area contributed by atoms with Crippen LogP contribution in [0, 0.1) is 25.7 Å². The first-order chi connectivity index (χ1) is 16.4. The van der Waals surface area contributed by atoms with E-state index in [4.69, 9.17) is 9.47 Å². The first kappa shape index (κ1) is 20.0. The lowest BCUT2D eigenvalue weighted by atomic mass is 9.75. The number of imide groups is 1. The first-order valence-corrected chi connectivity index (χ1v) is 11.9. The number of aryl methyl sites for hydroxylation is 2. The van der Waals surface area contributed by atoms with E-state index in [1.54, 1.807) is 18.2 Å². The van der Waals surface area contributed by atoms with Crippen LogP contribution in [0.4, 0.5) is 11.4 Å². The summed E-state index contributed by atoms with van der Waals surface area (Å²) in [6.07, 6.45) is 1.69. The molecule has 34 heavy (non-hydrogen) atoms. The van der Waals surface area contributed by atoms with Crippen LogP contribution in [-0.2, 0) is 19.9 Å². The summed E-state index contributed by atoms with van der Waals surface area (Å²) in [6, 6.07) is 9.07. The standard InChI is InChI=1S/C26H25N3O5/c1-13-10-14(2)22-16(11-13)26(25(32)27-22)21-20(17-4-3-7-28(17)26)23(30)29(24(21)31)15-5-6-18-19(12-15)34-9-8-33-18/h5-6,10-12,17,20-21H,3-4,7-9H2,1-2H3,(H,27,32)/t17-,20+,21-,26+/m0/s1. The fourth-order valence-electron chi connectivity index (χ4n) is 7.09. The van der Waals surface area contributed by atoms with E-state index in [0.29, 0.717) is 36.9 Å². The largest absolute Gasteiger partial charge is 0.486 e. The van der Waals surface area contributed by atoms with Crippen LogP contribution in [0.25, 0.3) is 0 Å². The van der Waals surface area contributed by atoms with Crippen molar-refractivity contribution in [2.24, 2.45) is 11.8 Å². The van der Waals surface area contributed by atoms with E-state index in [0.717, 1.165) is 35.2 Å². The molecule has 0 unspecified atom stereocenters. The molecule has 3 fully saturated rings. The van der Waals surface area contributed by atoms with E-state index in [1.807, 2.05) is 26.0 Å². The van der Waals surface area contributed by atoms with Crippen LogP contribution in [0.5, 0.6) is 11.5 Å². The number of benzene rings is 2. The second kappa shape index (κ2) is 6.60. The molecule has 4 atom stereocenters. The molecule has 2 aromatic rings.